The van der Waals surface area contributed by atoms with E-state index in [4.69, 9.17) is 10.8 Å². The molecule has 0 aliphatic carbocycles. The summed E-state index contributed by atoms with van der Waals surface area (Å²) in [5.74, 6) is -0.893. The molecule has 1 aromatic rings. The maximum absolute atomic E-state index is 11.0. The molecule has 74 valence electrons. The first-order valence-corrected chi connectivity index (χ1v) is 5.28. The third kappa shape index (κ3) is 1.46. The summed E-state index contributed by atoms with van der Waals surface area (Å²) in [4.78, 5) is 11.8. The Bertz CT molecular complexity index is 403. The van der Waals surface area contributed by atoms with Crippen molar-refractivity contribution >= 4 is 23.4 Å². The minimum atomic E-state index is -0.893. The van der Waals surface area contributed by atoms with Gasteiger partial charge < -0.3 is 10.8 Å². The zero-order valence-corrected chi connectivity index (χ0v) is 8.60. The van der Waals surface area contributed by atoms with E-state index >= 15 is 0 Å². The second-order valence-electron chi connectivity index (χ2n) is 3.49. The van der Waals surface area contributed by atoms with Crippen LogP contribution in [0.15, 0.2) is 17.0 Å². The summed E-state index contributed by atoms with van der Waals surface area (Å²) in [5.41, 5.74) is 7.59. The van der Waals surface area contributed by atoms with Crippen LogP contribution in [0.1, 0.15) is 22.8 Å². The summed E-state index contributed by atoms with van der Waals surface area (Å²) in [6, 6.07) is 3.41. The minimum absolute atomic E-state index is 0.342. The van der Waals surface area contributed by atoms with Gasteiger partial charge >= 0.3 is 5.97 Å². The number of aromatic carboxylic acids is 1. The zero-order chi connectivity index (χ0) is 10.3. The number of carbonyl (C=O) groups is 1. The monoisotopic (exact) mass is 209 g/mol. The first kappa shape index (κ1) is 9.40. The molecule has 0 saturated carbocycles. The molecule has 0 spiro atoms. The molecular weight excluding hydrogens is 198 g/mol. The quantitative estimate of drug-likeness (QED) is 0.694. The van der Waals surface area contributed by atoms with Crippen molar-refractivity contribution in [1.29, 1.82) is 0 Å². The molecule has 1 aliphatic rings. The van der Waals surface area contributed by atoms with Gasteiger partial charge in [0.25, 0.3) is 0 Å². The van der Waals surface area contributed by atoms with Crippen molar-refractivity contribution in [1.82, 2.24) is 0 Å². The molecule has 0 radical (unpaired) electrons. The van der Waals surface area contributed by atoms with Gasteiger partial charge in [0.2, 0.25) is 0 Å². The van der Waals surface area contributed by atoms with Crippen molar-refractivity contribution in [2.24, 2.45) is 0 Å². The summed E-state index contributed by atoms with van der Waals surface area (Å²) >= 11 is 1.62. The van der Waals surface area contributed by atoms with Crippen molar-refractivity contribution in [3.63, 3.8) is 0 Å². The van der Waals surface area contributed by atoms with Crippen molar-refractivity contribution in [2.75, 3.05) is 5.73 Å². The van der Waals surface area contributed by atoms with Crippen molar-refractivity contribution in [2.45, 2.75) is 23.5 Å². The van der Waals surface area contributed by atoms with Gasteiger partial charge in [-0.3, -0.25) is 0 Å². The van der Waals surface area contributed by atoms with Gasteiger partial charge in [0, 0.05) is 15.8 Å². The number of anilines is 1. The van der Waals surface area contributed by atoms with Gasteiger partial charge in [-0.1, -0.05) is 6.92 Å². The SMILES string of the molecule is CC1Cc2cc(N)cc(C(=O)O)c2S1. The number of carboxylic acids is 1. The van der Waals surface area contributed by atoms with Crippen LogP contribution in [-0.2, 0) is 6.42 Å². The Labute approximate surface area is 86.3 Å². The lowest BCUT2D eigenvalue weighted by molar-refractivity contribution is 0.0693. The molecule has 1 aromatic carbocycles. The summed E-state index contributed by atoms with van der Waals surface area (Å²) in [6.45, 7) is 2.09. The third-order valence-electron chi connectivity index (χ3n) is 2.24. The molecule has 3 nitrogen and oxygen atoms in total. The lowest BCUT2D eigenvalue weighted by atomic mass is 10.1. The van der Waals surface area contributed by atoms with Gasteiger partial charge in [-0.05, 0) is 24.1 Å². The number of benzene rings is 1. The lowest BCUT2D eigenvalue weighted by Gasteiger charge is -2.04. The van der Waals surface area contributed by atoms with E-state index < -0.39 is 5.97 Å². The number of carboxylic acid groups (broad SMARTS) is 1. The molecular formula is C10H11NO2S. The van der Waals surface area contributed by atoms with Crippen molar-refractivity contribution < 1.29 is 9.90 Å². The standard InChI is InChI=1S/C10H11NO2S/c1-5-2-6-3-7(11)4-8(10(12)13)9(6)14-5/h3-5H,2,11H2,1H3,(H,12,13). The maximum Gasteiger partial charge on any atom is 0.336 e. The number of hydrogen-bond donors (Lipinski definition) is 2. The highest BCUT2D eigenvalue weighted by molar-refractivity contribution is 8.00. The molecule has 4 heteroatoms. The number of nitrogen functional groups attached to an aromatic ring is 1. The van der Waals surface area contributed by atoms with Crippen molar-refractivity contribution in [3.8, 4) is 0 Å². The second kappa shape index (κ2) is 3.20. The van der Waals surface area contributed by atoms with E-state index in [9.17, 15) is 4.79 Å². The first-order valence-electron chi connectivity index (χ1n) is 4.40. The number of hydrogen-bond acceptors (Lipinski definition) is 3. The Morgan fingerprint density at radius 2 is 2.36 bits per heavy atom. The number of fused-ring (bicyclic) bond motifs is 1. The lowest BCUT2D eigenvalue weighted by Crippen LogP contribution is -2.01. The molecule has 0 saturated heterocycles. The van der Waals surface area contributed by atoms with E-state index in [1.807, 2.05) is 6.07 Å². The molecule has 14 heavy (non-hydrogen) atoms. The van der Waals surface area contributed by atoms with Crippen LogP contribution in [0.25, 0.3) is 0 Å². The van der Waals surface area contributed by atoms with Crippen LogP contribution in [0.2, 0.25) is 0 Å². The number of nitrogens with two attached hydrogens (primary N) is 1. The highest BCUT2D eigenvalue weighted by atomic mass is 32.2. The predicted octanol–water partition coefficient (Wildman–Crippen LogP) is 2.00. The number of rotatable bonds is 1. The van der Waals surface area contributed by atoms with Gasteiger partial charge in [0.15, 0.2) is 0 Å². The Hall–Kier alpha value is -1.16. The Balaban J connectivity index is 2.57. The van der Waals surface area contributed by atoms with Crippen LogP contribution >= 0.6 is 11.8 Å². The fourth-order valence-corrected chi connectivity index (χ4v) is 2.95. The van der Waals surface area contributed by atoms with E-state index in [0.29, 0.717) is 16.5 Å². The summed E-state index contributed by atoms with van der Waals surface area (Å²) in [5, 5.41) is 9.44. The molecule has 2 rings (SSSR count). The average Bonchev–Trinajstić information content (AvgIpc) is 2.42. The van der Waals surface area contributed by atoms with E-state index in [1.54, 1.807) is 11.8 Å². The maximum atomic E-state index is 11.0. The Kier molecular flexibility index (Phi) is 2.15. The summed E-state index contributed by atoms with van der Waals surface area (Å²) in [6.07, 6.45) is 0.908. The van der Waals surface area contributed by atoms with E-state index in [0.717, 1.165) is 16.9 Å². The molecule has 0 aromatic heterocycles. The molecule has 1 aliphatic heterocycles. The van der Waals surface area contributed by atoms with Crippen LogP contribution in [-0.4, -0.2) is 16.3 Å². The minimum Gasteiger partial charge on any atom is -0.478 e. The Morgan fingerprint density at radius 3 is 3.00 bits per heavy atom. The number of thioether (sulfide) groups is 1. The molecule has 0 fully saturated rings. The fourth-order valence-electron chi connectivity index (χ4n) is 1.72. The van der Waals surface area contributed by atoms with Crippen molar-refractivity contribution in [3.05, 3.63) is 23.3 Å². The van der Waals surface area contributed by atoms with Crippen LogP contribution in [0, 0.1) is 0 Å². The van der Waals surface area contributed by atoms with Crippen LogP contribution < -0.4 is 5.73 Å². The highest BCUT2D eigenvalue weighted by Gasteiger charge is 2.24. The van der Waals surface area contributed by atoms with Gasteiger partial charge in [-0.15, -0.1) is 11.8 Å². The van der Waals surface area contributed by atoms with Gasteiger partial charge in [-0.2, -0.15) is 0 Å². The fraction of sp³-hybridized carbons (Fsp3) is 0.300. The zero-order valence-electron chi connectivity index (χ0n) is 7.78. The highest BCUT2D eigenvalue weighted by Crippen LogP contribution is 2.40. The van der Waals surface area contributed by atoms with Crippen LogP contribution in [0.3, 0.4) is 0 Å². The largest absolute Gasteiger partial charge is 0.478 e. The smallest absolute Gasteiger partial charge is 0.336 e. The third-order valence-corrected chi connectivity index (χ3v) is 3.53. The Morgan fingerprint density at radius 1 is 1.64 bits per heavy atom. The van der Waals surface area contributed by atoms with Gasteiger partial charge in [-0.25, -0.2) is 4.79 Å². The molecule has 1 unspecified atom stereocenters. The predicted molar refractivity (Wildman–Crippen MR) is 56.8 cm³/mol. The van der Waals surface area contributed by atoms with Crippen LogP contribution in [0.5, 0.6) is 0 Å². The molecule has 0 amide bonds. The average molecular weight is 209 g/mol. The van der Waals surface area contributed by atoms with E-state index in [-0.39, 0.29) is 0 Å². The normalized spacial score (nSPS) is 19.4. The second-order valence-corrected chi connectivity index (χ2v) is 4.94. The summed E-state index contributed by atoms with van der Waals surface area (Å²) in [7, 11) is 0. The van der Waals surface area contributed by atoms with Crippen LogP contribution in [0.4, 0.5) is 5.69 Å². The topological polar surface area (TPSA) is 63.3 Å². The van der Waals surface area contributed by atoms with E-state index in [2.05, 4.69) is 6.92 Å². The molecule has 1 atom stereocenters. The van der Waals surface area contributed by atoms with E-state index in [1.165, 1.54) is 6.07 Å². The molecule has 3 N–H and O–H groups in total. The molecule has 1 heterocycles. The summed E-state index contributed by atoms with van der Waals surface area (Å²) < 4.78 is 0. The van der Waals surface area contributed by atoms with Gasteiger partial charge in [0.05, 0.1) is 5.56 Å². The van der Waals surface area contributed by atoms with Gasteiger partial charge in [0.1, 0.15) is 0 Å². The first-order chi connectivity index (χ1) is 6.58. The molecule has 0 bridgehead atoms.